The Balaban J connectivity index is 2.20. The number of ether oxygens (including phenoxy) is 6. The first-order valence-corrected chi connectivity index (χ1v) is 19.4. The number of hydrogen-bond donors (Lipinski definition) is 3. The Bertz CT molecular complexity index is 1420. The average Bonchev–Trinajstić information content (AvgIpc) is 3.08. The Hall–Kier alpha value is -2.72. The number of rotatable bonds is 25. The standard InChI is InChI=1S/C40H66B2N2O12/c1-12-51-38(6,7)15-18-44(37(4,5)26-53-40(10,11)17-20-54-42)19-16-39(8,9)52-25-36(2,3)43-33(46)29-21-27(24-50-35(41)49)13-14-30(29)55-32-23-28(45)22-31(56-32)34(47)48/h13-14,21,28,31-32,45H,12,15-20,22-26H2,1-11H3,(H,43,46)(H,47,48)/t28-,31-,32+/m0/s1. The van der Waals surface area contributed by atoms with Crippen molar-refractivity contribution in [3.8, 4) is 5.75 Å². The molecule has 1 aromatic rings. The molecule has 314 valence electrons. The van der Waals surface area contributed by atoms with E-state index in [1.54, 1.807) is 6.07 Å². The second-order valence-electron chi connectivity index (χ2n) is 17.6. The topological polar surface area (TPSA) is 172 Å². The molecule has 0 spiro atoms. The summed E-state index contributed by atoms with van der Waals surface area (Å²) in [6, 6.07) is 4.55. The molecule has 1 aromatic carbocycles. The third-order valence-electron chi connectivity index (χ3n) is 9.74. The molecule has 0 aliphatic carbocycles. The van der Waals surface area contributed by atoms with Gasteiger partial charge in [-0.2, -0.15) is 0 Å². The minimum absolute atomic E-state index is 0.0000852. The van der Waals surface area contributed by atoms with Gasteiger partial charge in [0.15, 0.2) is 6.10 Å². The quantitative estimate of drug-likeness (QED) is 0.112. The minimum Gasteiger partial charge on any atom is -0.479 e. The van der Waals surface area contributed by atoms with Crippen molar-refractivity contribution in [3.63, 3.8) is 0 Å². The van der Waals surface area contributed by atoms with Gasteiger partial charge in [0.25, 0.3) is 14.0 Å². The molecule has 4 radical (unpaired) electrons. The first-order chi connectivity index (χ1) is 25.8. The van der Waals surface area contributed by atoms with Crippen molar-refractivity contribution in [2.75, 3.05) is 39.5 Å². The lowest BCUT2D eigenvalue weighted by Crippen LogP contribution is -2.52. The number of aliphatic hydroxyl groups is 1. The lowest BCUT2D eigenvalue weighted by Gasteiger charge is -2.43. The third-order valence-corrected chi connectivity index (χ3v) is 9.74. The molecule has 3 atom stereocenters. The predicted octanol–water partition coefficient (Wildman–Crippen LogP) is 5.09. The zero-order chi connectivity index (χ0) is 42.5. The fourth-order valence-corrected chi connectivity index (χ4v) is 6.03. The van der Waals surface area contributed by atoms with Crippen LogP contribution in [0.4, 0.5) is 4.79 Å². The van der Waals surface area contributed by atoms with E-state index in [0.717, 1.165) is 13.0 Å². The van der Waals surface area contributed by atoms with Crippen molar-refractivity contribution in [1.82, 2.24) is 10.2 Å². The number of aliphatic hydroxyl groups excluding tert-OH is 1. The summed E-state index contributed by atoms with van der Waals surface area (Å²) in [5.41, 5.74) is -1.99. The first kappa shape index (κ1) is 49.4. The number of amides is 1. The Morgan fingerprint density at radius 3 is 2.05 bits per heavy atom. The SMILES string of the molecule is [B]OCCC(C)(C)OCC(C)(C)N(CCC(C)(C)OCC)CCC(C)(C)OCC(C)(C)NC(=O)c1cc(COC([B])=O)ccc1O[C@H]1C[C@@H](O)C[C@@H](C(=O)O)O1. The summed E-state index contributed by atoms with van der Waals surface area (Å²) in [5, 5.41) is 22.7. The van der Waals surface area contributed by atoms with Gasteiger partial charge in [0.2, 0.25) is 20.0 Å². The molecule has 56 heavy (non-hydrogen) atoms. The number of nitrogens with zero attached hydrogens (tertiary/aromatic N) is 1. The van der Waals surface area contributed by atoms with E-state index in [0.29, 0.717) is 44.8 Å². The zero-order valence-corrected chi connectivity index (χ0v) is 35.5. The van der Waals surface area contributed by atoms with Gasteiger partial charge in [-0.05, 0) is 113 Å². The number of carbonyl (C=O) groups is 3. The van der Waals surface area contributed by atoms with E-state index in [9.17, 15) is 24.6 Å². The Labute approximate surface area is 336 Å². The van der Waals surface area contributed by atoms with E-state index < -0.39 is 53.0 Å². The van der Waals surface area contributed by atoms with E-state index in [1.807, 2.05) is 48.5 Å². The summed E-state index contributed by atoms with van der Waals surface area (Å²) in [5.74, 6) is -2.65. The number of aliphatic carboxylic acids is 1. The fraction of sp³-hybridized carbons (Fsp3) is 0.775. The van der Waals surface area contributed by atoms with E-state index in [4.69, 9.17) is 49.0 Å². The molecule has 3 N–H and O–H groups in total. The molecule has 2 rings (SSSR count). The highest BCUT2D eigenvalue weighted by Gasteiger charge is 2.36. The van der Waals surface area contributed by atoms with Crippen LogP contribution >= 0.6 is 0 Å². The van der Waals surface area contributed by atoms with Crippen molar-refractivity contribution in [1.29, 1.82) is 0 Å². The fourth-order valence-electron chi connectivity index (χ4n) is 6.03. The molecule has 14 nitrogen and oxygen atoms in total. The maximum Gasteiger partial charge on any atom is 0.333 e. The smallest absolute Gasteiger partial charge is 0.333 e. The first-order valence-electron chi connectivity index (χ1n) is 19.4. The molecular formula is C40H66B2N2O12. The summed E-state index contributed by atoms with van der Waals surface area (Å²) in [6.45, 7) is 25.2. The number of benzene rings is 1. The monoisotopic (exact) mass is 788 g/mol. The van der Waals surface area contributed by atoms with E-state index >= 15 is 0 Å². The maximum atomic E-state index is 13.9. The highest BCUT2D eigenvalue weighted by molar-refractivity contribution is 6.55. The molecule has 1 aliphatic heterocycles. The minimum atomic E-state index is -1.27. The normalized spacial score (nSPS) is 18.5. The molecule has 1 aliphatic rings. The lowest BCUT2D eigenvalue weighted by atomic mass is 9.96. The predicted molar refractivity (Wildman–Crippen MR) is 213 cm³/mol. The highest BCUT2D eigenvalue weighted by atomic mass is 16.7. The summed E-state index contributed by atoms with van der Waals surface area (Å²) < 4.78 is 40.1. The van der Waals surface area contributed by atoms with Crippen molar-refractivity contribution in [3.05, 3.63) is 29.3 Å². The van der Waals surface area contributed by atoms with Crippen LogP contribution in [-0.2, 0) is 39.7 Å². The summed E-state index contributed by atoms with van der Waals surface area (Å²) in [6.07, 6.45) is -1.33. The van der Waals surface area contributed by atoms with Crippen LogP contribution in [0.5, 0.6) is 5.75 Å². The zero-order valence-electron chi connectivity index (χ0n) is 35.5. The number of carboxylic acids is 1. The number of carbonyl (C=O) groups excluding carboxylic acids is 2. The lowest BCUT2D eigenvalue weighted by molar-refractivity contribution is -0.195. The molecule has 1 heterocycles. The van der Waals surface area contributed by atoms with E-state index in [1.165, 1.54) is 12.1 Å². The molecule has 1 amide bonds. The van der Waals surface area contributed by atoms with Crippen molar-refractivity contribution in [2.24, 2.45) is 0 Å². The largest absolute Gasteiger partial charge is 0.479 e. The number of hydrogen-bond acceptors (Lipinski definition) is 12. The molecule has 0 aromatic heterocycles. The van der Waals surface area contributed by atoms with Gasteiger partial charge in [-0.1, -0.05) is 6.07 Å². The van der Waals surface area contributed by atoms with Crippen LogP contribution in [0.1, 0.15) is 124 Å². The molecule has 16 heteroatoms. The Morgan fingerprint density at radius 2 is 1.48 bits per heavy atom. The molecule has 0 bridgehead atoms. The average molecular weight is 789 g/mol. The second-order valence-corrected chi connectivity index (χ2v) is 17.6. The van der Waals surface area contributed by atoms with Crippen molar-refractivity contribution < 1.29 is 57.7 Å². The third kappa shape index (κ3) is 17.8. The maximum absolute atomic E-state index is 13.9. The summed E-state index contributed by atoms with van der Waals surface area (Å²) >= 11 is 0. The molecule has 1 fully saturated rings. The summed E-state index contributed by atoms with van der Waals surface area (Å²) in [7, 11) is 10.4. The Morgan fingerprint density at radius 1 is 0.893 bits per heavy atom. The van der Waals surface area contributed by atoms with Crippen LogP contribution < -0.4 is 10.1 Å². The van der Waals surface area contributed by atoms with Crippen LogP contribution in [0.2, 0.25) is 0 Å². The van der Waals surface area contributed by atoms with Crippen LogP contribution in [0.15, 0.2) is 18.2 Å². The van der Waals surface area contributed by atoms with Gasteiger partial charge in [0, 0.05) is 44.7 Å². The molecule has 0 saturated carbocycles. The molecule has 1 saturated heterocycles. The van der Waals surface area contributed by atoms with Crippen LogP contribution in [0, 0.1) is 0 Å². The van der Waals surface area contributed by atoms with Gasteiger partial charge >= 0.3 is 5.97 Å². The van der Waals surface area contributed by atoms with Gasteiger partial charge in [0.05, 0.1) is 47.2 Å². The van der Waals surface area contributed by atoms with Gasteiger partial charge in [0.1, 0.15) is 12.4 Å². The van der Waals surface area contributed by atoms with Crippen LogP contribution in [0.3, 0.4) is 0 Å². The second kappa shape index (κ2) is 21.3. The van der Waals surface area contributed by atoms with Crippen molar-refractivity contribution >= 4 is 33.6 Å². The number of carboxylic acid groups (broad SMARTS) is 1. The van der Waals surface area contributed by atoms with E-state index in [2.05, 4.69) is 37.9 Å². The van der Waals surface area contributed by atoms with Gasteiger partial charge < -0.3 is 48.6 Å². The van der Waals surface area contributed by atoms with Crippen LogP contribution in [-0.4, -0.2) is 135 Å². The Kier molecular flexibility index (Phi) is 18.8. The molecular weight excluding hydrogens is 722 g/mol. The van der Waals surface area contributed by atoms with Crippen molar-refractivity contribution in [2.45, 2.75) is 161 Å². The van der Waals surface area contributed by atoms with Gasteiger partial charge in [-0.15, -0.1) is 0 Å². The summed E-state index contributed by atoms with van der Waals surface area (Å²) in [4.78, 5) is 39.2. The van der Waals surface area contributed by atoms with E-state index in [-0.39, 0.29) is 48.5 Å². The highest BCUT2D eigenvalue weighted by Crippen LogP contribution is 2.29. The number of nitrogens with one attached hydrogen (secondary N) is 1. The van der Waals surface area contributed by atoms with Crippen LogP contribution in [0.25, 0.3) is 0 Å². The molecule has 0 unspecified atom stereocenters. The van der Waals surface area contributed by atoms with Gasteiger partial charge in [-0.25, -0.2) is 4.79 Å². The van der Waals surface area contributed by atoms with Gasteiger partial charge in [-0.3, -0.25) is 14.5 Å².